The molecule has 14 heavy (non-hydrogen) atoms. The summed E-state index contributed by atoms with van der Waals surface area (Å²) in [6, 6.07) is 8.56. The molecule has 1 aliphatic rings. The first-order valence-electron chi connectivity index (χ1n) is 4.68. The lowest BCUT2D eigenvalue weighted by Crippen LogP contribution is -2.03. The summed E-state index contributed by atoms with van der Waals surface area (Å²) in [6.07, 6.45) is 2.99. The van der Waals surface area contributed by atoms with E-state index in [4.69, 9.17) is 0 Å². The second kappa shape index (κ2) is 3.58. The van der Waals surface area contributed by atoms with Gasteiger partial charge in [0.25, 0.3) is 0 Å². The topological polar surface area (TPSA) is 34.1 Å². The number of rotatable bonds is 2. The van der Waals surface area contributed by atoms with Gasteiger partial charge in [-0.1, -0.05) is 23.8 Å². The van der Waals surface area contributed by atoms with Crippen LogP contribution in [0.25, 0.3) is 0 Å². The Bertz CT molecular complexity index is 437. The number of hydrogen-bond acceptors (Lipinski definition) is 2. The summed E-state index contributed by atoms with van der Waals surface area (Å²) in [5.41, 5.74) is 1.05. The highest BCUT2D eigenvalue weighted by Gasteiger charge is 2.15. The first-order valence-corrected chi connectivity index (χ1v) is 6.23. The van der Waals surface area contributed by atoms with Crippen molar-refractivity contribution in [2.75, 3.05) is 0 Å². The molecule has 1 aromatic carbocycles. The zero-order chi connectivity index (χ0) is 10.0. The molecule has 1 aliphatic carbocycles. The molecule has 0 N–H and O–H groups in total. The van der Waals surface area contributed by atoms with Crippen LogP contribution < -0.4 is 0 Å². The fraction of sp³-hybridized carbons (Fsp3) is 0.273. The standard InChI is InChI=1S/C11H12O2S/c12-14(13,9-10-5-4-6-10)11-7-2-1-3-8-11/h1-3,7-9H,4-6H2. The Morgan fingerprint density at radius 2 is 1.71 bits per heavy atom. The van der Waals surface area contributed by atoms with Gasteiger partial charge in [-0.2, -0.15) is 0 Å². The average Bonchev–Trinajstić information content (AvgIpc) is 2.13. The van der Waals surface area contributed by atoms with Gasteiger partial charge >= 0.3 is 0 Å². The van der Waals surface area contributed by atoms with Crippen LogP contribution in [0.4, 0.5) is 0 Å². The third-order valence-corrected chi connectivity index (χ3v) is 3.96. The highest BCUT2D eigenvalue weighted by molar-refractivity contribution is 7.94. The van der Waals surface area contributed by atoms with Crippen molar-refractivity contribution in [2.24, 2.45) is 0 Å². The minimum atomic E-state index is -3.18. The third kappa shape index (κ3) is 1.87. The first-order chi connectivity index (χ1) is 6.68. The van der Waals surface area contributed by atoms with Gasteiger partial charge in [0.15, 0.2) is 9.84 Å². The van der Waals surface area contributed by atoms with Crippen LogP contribution in [-0.4, -0.2) is 8.42 Å². The normalized spacial score (nSPS) is 16.1. The third-order valence-electron chi connectivity index (χ3n) is 2.39. The molecule has 0 spiro atoms. The quantitative estimate of drug-likeness (QED) is 0.748. The van der Waals surface area contributed by atoms with E-state index in [9.17, 15) is 8.42 Å². The maximum Gasteiger partial charge on any atom is 0.199 e. The number of allylic oxidation sites excluding steroid dienone is 1. The van der Waals surface area contributed by atoms with Crippen LogP contribution in [0.2, 0.25) is 0 Å². The molecule has 0 aliphatic heterocycles. The van der Waals surface area contributed by atoms with E-state index in [-0.39, 0.29) is 0 Å². The van der Waals surface area contributed by atoms with Crippen molar-refractivity contribution in [1.29, 1.82) is 0 Å². The van der Waals surface area contributed by atoms with Crippen molar-refractivity contribution < 1.29 is 8.42 Å². The smallest absolute Gasteiger partial charge is 0.199 e. The van der Waals surface area contributed by atoms with Crippen molar-refractivity contribution in [3.63, 3.8) is 0 Å². The van der Waals surface area contributed by atoms with Crippen LogP contribution in [0.1, 0.15) is 19.3 Å². The van der Waals surface area contributed by atoms with Crippen molar-refractivity contribution in [1.82, 2.24) is 0 Å². The zero-order valence-corrected chi connectivity index (χ0v) is 8.63. The van der Waals surface area contributed by atoms with E-state index in [2.05, 4.69) is 0 Å². The molecule has 3 heteroatoms. The molecule has 0 radical (unpaired) electrons. The molecule has 0 unspecified atom stereocenters. The van der Waals surface area contributed by atoms with Crippen LogP contribution in [-0.2, 0) is 9.84 Å². The van der Waals surface area contributed by atoms with Gasteiger partial charge in [-0.15, -0.1) is 0 Å². The molecular formula is C11H12O2S. The van der Waals surface area contributed by atoms with Gasteiger partial charge in [0.05, 0.1) is 4.90 Å². The van der Waals surface area contributed by atoms with E-state index >= 15 is 0 Å². The molecule has 2 nitrogen and oxygen atoms in total. The maximum absolute atomic E-state index is 11.8. The fourth-order valence-corrected chi connectivity index (χ4v) is 2.74. The lowest BCUT2D eigenvalue weighted by Gasteiger charge is -2.15. The molecule has 0 bridgehead atoms. The van der Waals surface area contributed by atoms with E-state index < -0.39 is 9.84 Å². The van der Waals surface area contributed by atoms with Crippen molar-refractivity contribution in [3.05, 3.63) is 41.3 Å². The summed E-state index contributed by atoms with van der Waals surface area (Å²) in [5.74, 6) is 0. The van der Waals surface area contributed by atoms with Gasteiger partial charge in [-0.05, 0) is 31.4 Å². The molecule has 0 amide bonds. The summed E-state index contributed by atoms with van der Waals surface area (Å²) in [4.78, 5) is 0.388. The van der Waals surface area contributed by atoms with Crippen LogP contribution in [0, 0.1) is 0 Å². The Morgan fingerprint density at radius 3 is 2.21 bits per heavy atom. The van der Waals surface area contributed by atoms with Crippen molar-refractivity contribution in [3.8, 4) is 0 Å². The molecule has 2 rings (SSSR count). The minimum Gasteiger partial charge on any atom is -0.219 e. The Kier molecular flexibility index (Phi) is 2.42. The van der Waals surface area contributed by atoms with Crippen molar-refractivity contribution in [2.45, 2.75) is 24.2 Å². The zero-order valence-electron chi connectivity index (χ0n) is 7.81. The van der Waals surface area contributed by atoms with Gasteiger partial charge in [0.1, 0.15) is 0 Å². The van der Waals surface area contributed by atoms with E-state index in [1.54, 1.807) is 24.3 Å². The lowest BCUT2D eigenvalue weighted by molar-refractivity contribution is 0.601. The second-order valence-corrected chi connectivity index (χ2v) is 5.28. The van der Waals surface area contributed by atoms with Crippen molar-refractivity contribution >= 4 is 9.84 Å². The van der Waals surface area contributed by atoms with Gasteiger partial charge < -0.3 is 0 Å². The monoisotopic (exact) mass is 208 g/mol. The number of sulfone groups is 1. The van der Waals surface area contributed by atoms with Gasteiger partial charge in [-0.3, -0.25) is 0 Å². The van der Waals surface area contributed by atoms with E-state index in [0.29, 0.717) is 4.90 Å². The molecule has 0 saturated heterocycles. The predicted molar refractivity (Wildman–Crippen MR) is 55.6 cm³/mol. The van der Waals surface area contributed by atoms with Crippen LogP contribution in [0.15, 0.2) is 46.2 Å². The minimum absolute atomic E-state index is 0.388. The van der Waals surface area contributed by atoms with E-state index in [1.807, 2.05) is 6.07 Å². The van der Waals surface area contributed by atoms with Crippen LogP contribution in [0.5, 0.6) is 0 Å². The summed E-state index contributed by atoms with van der Waals surface area (Å²) < 4.78 is 23.5. The Balaban J connectivity index is 2.33. The Labute approximate surface area is 84.2 Å². The molecule has 0 atom stereocenters. The molecule has 1 saturated carbocycles. The second-order valence-electron chi connectivity index (χ2n) is 3.49. The lowest BCUT2D eigenvalue weighted by atomic mass is 9.95. The van der Waals surface area contributed by atoms with E-state index in [0.717, 1.165) is 24.8 Å². The SMILES string of the molecule is O=S(=O)(C=C1CCC1)c1ccccc1. The average molecular weight is 208 g/mol. The molecule has 0 heterocycles. The molecule has 74 valence electrons. The van der Waals surface area contributed by atoms with E-state index in [1.165, 1.54) is 5.41 Å². The van der Waals surface area contributed by atoms with Crippen LogP contribution >= 0.6 is 0 Å². The molecular weight excluding hydrogens is 196 g/mol. The van der Waals surface area contributed by atoms with Gasteiger partial charge in [-0.25, -0.2) is 8.42 Å². The predicted octanol–water partition coefficient (Wildman–Crippen LogP) is 2.53. The first kappa shape index (κ1) is 9.46. The fourth-order valence-electron chi connectivity index (χ4n) is 1.40. The van der Waals surface area contributed by atoms with Gasteiger partial charge in [0, 0.05) is 5.41 Å². The Morgan fingerprint density at radius 1 is 1.07 bits per heavy atom. The largest absolute Gasteiger partial charge is 0.219 e. The van der Waals surface area contributed by atoms with Gasteiger partial charge in [0.2, 0.25) is 0 Å². The highest BCUT2D eigenvalue weighted by atomic mass is 32.2. The summed E-state index contributed by atoms with van der Waals surface area (Å²) in [6.45, 7) is 0. The summed E-state index contributed by atoms with van der Waals surface area (Å²) in [7, 11) is -3.18. The van der Waals surface area contributed by atoms with Crippen LogP contribution in [0.3, 0.4) is 0 Å². The molecule has 1 aromatic rings. The maximum atomic E-state index is 11.8. The molecule has 0 aromatic heterocycles. The number of hydrogen-bond donors (Lipinski definition) is 0. The Hall–Kier alpha value is -1.09. The summed E-state index contributed by atoms with van der Waals surface area (Å²) >= 11 is 0. The number of benzene rings is 1. The molecule has 1 fully saturated rings. The highest BCUT2D eigenvalue weighted by Crippen LogP contribution is 2.27. The summed E-state index contributed by atoms with van der Waals surface area (Å²) in [5, 5.41) is 1.42.